The second kappa shape index (κ2) is 11.0. The molecule has 7 rings (SSSR count). The van der Waals surface area contributed by atoms with Crippen LogP contribution in [0.25, 0.3) is 10.9 Å². The van der Waals surface area contributed by atoms with Crippen molar-refractivity contribution >= 4 is 30.0 Å². The van der Waals surface area contributed by atoms with Crippen molar-refractivity contribution in [1.29, 1.82) is 0 Å². The first-order valence-corrected chi connectivity index (χ1v) is 15.8. The van der Waals surface area contributed by atoms with E-state index in [1.165, 1.54) is 6.42 Å². The molecule has 2 heterocycles. The monoisotopic (exact) mass is 562 g/mol. The lowest BCUT2D eigenvalue weighted by atomic mass is 9.43. The number of hydrogen-bond donors (Lipinski definition) is 4. The number of hydrogen-bond acceptors (Lipinski definition) is 4. The molecule has 0 unspecified atom stereocenters. The Kier molecular flexibility index (Phi) is 7.64. The summed E-state index contributed by atoms with van der Waals surface area (Å²) in [6.45, 7) is 11.2. The molecule has 1 aromatic carbocycles. The Bertz CT molecular complexity index is 1270. The number of aromatic amines is 1. The third-order valence-electron chi connectivity index (χ3n) is 10.8. The van der Waals surface area contributed by atoms with Gasteiger partial charge in [-0.1, -0.05) is 58.7 Å². The number of nitrogens with one attached hydrogen (secondary N) is 4. The van der Waals surface area contributed by atoms with E-state index in [9.17, 15) is 9.59 Å². The Morgan fingerprint density at radius 2 is 1.85 bits per heavy atom. The highest BCUT2D eigenvalue weighted by Gasteiger charge is 2.68. The topological polar surface area (TPSA) is 104 Å². The molecule has 1 aliphatic heterocycles. The smallest absolute Gasteiger partial charge is 0.404 e. The van der Waals surface area contributed by atoms with E-state index >= 15 is 0 Å². The third kappa shape index (κ3) is 5.40. The van der Waals surface area contributed by atoms with Crippen LogP contribution in [-0.4, -0.2) is 53.8 Å². The van der Waals surface area contributed by atoms with Crippen LogP contribution in [-0.2, 0) is 20.5 Å². The number of carbonyl (C=O) groups excluding carboxylic acids is 2. The van der Waals surface area contributed by atoms with Gasteiger partial charge in [0.2, 0.25) is 5.91 Å². The third-order valence-corrected chi connectivity index (χ3v) is 10.8. The first kappa shape index (κ1) is 28.6. The standard InChI is InChI=1S/C32H47BN4O4/c1-19(2)14-28(33-40-27-17-21-16-26(31(21,3)4)32(27,5)41-33)37-29(38)25(36-30(39)35-22-10-6-7-11-22)15-20-18-34-24-13-9-8-12-23(20)24/h8-9,12-13,18-19,21-22,25-28,34H,6-7,10-11,14-17H2,1-5H3,(H,37,38)(H2,35,36,39)/t21-,25-,26-,27+,28-,32-/m0/s1. The molecular weight excluding hydrogens is 515 g/mol. The molecular formula is C32H47BN4O4. The van der Waals surface area contributed by atoms with Gasteiger partial charge in [0, 0.05) is 29.6 Å². The summed E-state index contributed by atoms with van der Waals surface area (Å²) < 4.78 is 13.4. The van der Waals surface area contributed by atoms with Crippen LogP contribution in [0.15, 0.2) is 30.5 Å². The lowest BCUT2D eigenvalue weighted by molar-refractivity contribution is -0.199. The average molecular weight is 563 g/mol. The van der Waals surface area contributed by atoms with E-state index in [1.807, 2.05) is 30.5 Å². The minimum atomic E-state index is -0.740. The SMILES string of the molecule is CC(C)C[C@H](NC(=O)[C@H](Cc1c[nH]c2ccccc12)NC(=O)NC1CCCC1)B1O[C@@H]2C[C@@H]3C[C@@H](C3(C)C)[C@]2(C)O1. The van der Waals surface area contributed by atoms with Crippen molar-refractivity contribution < 1.29 is 18.9 Å². The molecule has 4 saturated carbocycles. The van der Waals surface area contributed by atoms with Gasteiger partial charge in [-0.05, 0) is 73.8 Å². The first-order valence-electron chi connectivity index (χ1n) is 15.8. The van der Waals surface area contributed by atoms with E-state index in [0.29, 0.717) is 24.2 Å². The van der Waals surface area contributed by atoms with E-state index in [2.05, 4.69) is 55.6 Å². The number of benzene rings is 1. The van der Waals surface area contributed by atoms with E-state index in [4.69, 9.17) is 9.31 Å². The van der Waals surface area contributed by atoms with Gasteiger partial charge in [-0.15, -0.1) is 0 Å². The van der Waals surface area contributed by atoms with Gasteiger partial charge in [0.25, 0.3) is 0 Å². The molecule has 5 aliphatic rings. The summed E-state index contributed by atoms with van der Waals surface area (Å²) in [7, 11) is -0.507. The van der Waals surface area contributed by atoms with Gasteiger partial charge >= 0.3 is 13.1 Å². The highest BCUT2D eigenvalue weighted by Crippen LogP contribution is 2.65. The Hall–Kier alpha value is -2.52. The van der Waals surface area contributed by atoms with Gasteiger partial charge in [-0.3, -0.25) is 4.79 Å². The quantitative estimate of drug-likeness (QED) is 0.319. The van der Waals surface area contributed by atoms with Crippen LogP contribution >= 0.6 is 0 Å². The van der Waals surface area contributed by atoms with Gasteiger partial charge in [0.1, 0.15) is 6.04 Å². The van der Waals surface area contributed by atoms with Crippen LogP contribution in [0.3, 0.4) is 0 Å². The second-order valence-corrected chi connectivity index (χ2v) is 14.3. The predicted molar refractivity (Wildman–Crippen MR) is 161 cm³/mol. The summed E-state index contributed by atoms with van der Waals surface area (Å²) in [4.78, 5) is 30.4. The van der Waals surface area contributed by atoms with E-state index in [0.717, 1.165) is 55.0 Å². The molecule has 0 radical (unpaired) electrons. The fourth-order valence-corrected chi connectivity index (χ4v) is 8.29. The maximum Gasteiger partial charge on any atom is 0.481 e. The predicted octanol–water partition coefficient (Wildman–Crippen LogP) is 5.12. The number of aromatic nitrogens is 1. The van der Waals surface area contributed by atoms with Gasteiger partial charge < -0.3 is 30.2 Å². The number of rotatable bonds is 9. The Morgan fingerprint density at radius 3 is 2.59 bits per heavy atom. The van der Waals surface area contributed by atoms with Crippen molar-refractivity contribution in [1.82, 2.24) is 20.9 Å². The zero-order chi connectivity index (χ0) is 28.9. The molecule has 8 nitrogen and oxygen atoms in total. The molecule has 9 heteroatoms. The normalized spacial score (nSPS) is 30.1. The van der Waals surface area contributed by atoms with Gasteiger partial charge in [0.15, 0.2) is 0 Å². The Balaban J connectivity index is 1.20. The van der Waals surface area contributed by atoms with Crippen LogP contribution in [0, 0.1) is 23.2 Å². The van der Waals surface area contributed by atoms with Gasteiger partial charge in [-0.2, -0.15) is 0 Å². The van der Waals surface area contributed by atoms with Crippen LogP contribution in [0.4, 0.5) is 4.79 Å². The minimum absolute atomic E-state index is 0.0492. The van der Waals surface area contributed by atoms with Crippen molar-refractivity contribution in [3.05, 3.63) is 36.0 Å². The van der Waals surface area contributed by atoms with Crippen LogP contribution in [0.5, 0.6) is 0 Å². The fraction of sp³-hybridized carbons (Fsp3) is 0.688. The summed E-state index contributed by atoms with van der Waals surface area (Å²) in [5, 5.41) is 10.5. The molecule has 1 saturated heterocycles. The van der Waals surface area contributed by atoms with Crippen molar-refractivity contribution in [2.24, 2.45) is 23.2 Å². The molecule has 2 aromatic rings. The molecule has 4 aliphatic carbocycles. The minimum Gasteiger partial charge on any atom is -0.404 e. The van der Waals surface area contributed by atoms with Crippen LogP contribution in [0.1, 0.15) is 85.1 Å². The molecule has 6 atom stereocenters. The fourth-order valence-electron chi connectivity index (χ4n) is 8.29. The zero-order valence-electron chi connectivity index (χ0n) is 25.3. The van der Waals surface area contributed by atoms with E-state index in [-0.39, 0.29) is 41.0 Å². The largest absolute Gasteiger partial charge is 0.481 e. The van der Waals surface area contributed by atoms with Crippen molar-refractivity contribution in [3.63, 3.8) is 0 Å². The number of amides is 3. The molecule has 41 heavy (non-hydrogen) atoms. The number of H-pyrrole nitrogens is 1. The summed E-state index contributed by atoms with van der Waals surface area (Å²) in [6.07, 6.45) is 9.51. The molecule has 4 N–H and O–H groups in total. The summed E-state index contributed by atoms with van der Waals surface area (Å²) in [5.74, 6) is 0.928. The lowest BCUT2D eigenvalue weighted by Gasteiger charge is -2.64. The highest BCUT2D eigenvalue weighted by molar-refractivity contribution is 6.48. The summed E-state index contributed by atoms with van der Waals surface area (Å²) >= 11 is 0. The van der Waals surface area contributed by atoms with Crippen molar-refractivity contribution in [2.75, 3.05) is 0 Å². The highest BCUT2D eigenvalue weighted by atomic mass is 16.7. The molecule has 2 bridgehead atoms. The van der Waals surface area contributed by atoms with Gasteiger partial charge in [0.05, 0.1) is 17.6 Å². The van der Waals surface area contributed by atoms with Crippen molar-refractivity contribution in [2.45, 2.75) is 116 Å². The number of urea groups is 1. The first-order chi connectivity index (χ1) is 19.5. The second-order valence-electron chi connectivity index (χ2n) is 14.3. The Labute approximate surface area is 244 Å². The molecule has 0 spiro atoms. The zero-order valence-corrected chi connectivity index (χ0v) is 25.3. The molecule has 1 aromatic heterocycles. The average Bonchev–Trinajstić information content (AvgIpc) is 3.66. The number of fused-ring (bicyclic) bond motifs is 1. The lowest BCUT2D eigenvalue weighted by Crippen LogP contribution is -2.65. The molecule has 5 fully saturated rings. The van der Waals surface area contributed by atoms with Crippen LogP contribution in [0.2, 0.25) is 0 Å². The summed E-state index contributed by atoms with van der Waals surface area (Å²) in [6, 6.07) is 7.19. The van der Waals surface area contributed by atoms with Crippen LogP contribution < -0.4 is 16.0 Å². The molecule has 222 valence electrons. The maximum absolute atomic E-state index is 14.0. The molecule has 3 amide bonds. The van der Waals surface area contributed by atoms with Crippen molar-refractivity contribution in [3.8, 4) is 0 Å². The number of carbonyl (C=O) groups is 2. The Morgan fingerprint density at radius 1 is 1.10 bits per heavy atom. The van der Waals surface area contributed by atoms with E-state index in [1.54, 1.807) is 0 Å². The number of para-hydroxylation sites is 1. The van der Waals surface area contributed by atoms with Gasteiger partial charge in [-0.25, -0.2) is 4.79 Å². The maximum atomic E-state index is 14.0. The van der Waals surface area contributed by atoms with E-state index < -0.39 is 13.2 Å². The summed E-state index contributed by atoms with van der Waals surface area (Å²) in [5.41, 5.74) is 1.92.